The Morgan fingerprint density at radius 3 is 2.78 bits per heavy atom. The molecule has 18 heavy (non-hydrogen) atoms. The van der Waals surface area contributed by atoms with Crippen LogP contribution in [0.1, 0.15) is 18.9 Å². The van der Waals surface area contributed by atoms with Crippen molar-refractivity contribution >= 4 is 0 Å². The summed E-state index contributed by atoms with van der Waals surface area (Å²) in [6, 6.07) is 8.31. The monoisotopic (exact) mass is 250 g/mol. The van der Waals surface area contributed by atoms with Gasteiger partial charge in [-0.05, 0) is 44.1 Å². The van der Waals surface area contributed by atoms with Crippen LogP contribution < -0.4 is 10.1 Å². The van der Waals surface area contributed by atoms with E-state index < -0.39 is 0 Å². The van der Waals surface area contributed by atoms with Crippen LogP contribution in [0.15, 0.2) is 24.3 Å². The number of nitrogens with zero attached hydrogens (tertiary/aromatic N) is 1. The van der Waals surface area contributed by atoms with Gasteiger partial charge in [0, 0.05) is 19.6 Å². The molecule has 0 bridgehead atoms. The van der Waals surface area contributed by atoms with Crippen LogP contribution in [-0.4, -0.2) is 45.2 Å². The average Bonchev–Trinajstić information content (AvgIpc) is 2.41. The first-order chi connectivity index (χ1) is 8.76. The van der Waals surface area contributed by atoms with E-state index in [-0.39, 0.29) is 0 Å². The van der Waals surface area contributed by atoms with E-state index in [2.05, 4.69) is 42.4 Å². The smallest absolute Gasteiger partial charge is 0.119 e. The predicted molar refractivity (Wildman–Crippen MR) is 77.4 cm³/mol. The van der Waals surface area contributed by atoms with Gasteiger partial charge in [0.25, 0.3) is 0 Å². The van der Waals surface area contributed by atoms with Gasteiger partial charge in [0.2, 0.25) is 0 Å². The molecule has 0 saturated carbocycles. The molecule has 1 N–H and O–H groups in total. The summed E-state index contributed by atoms with van der Waals surface area (Å²) in [5.74, 6) is 0.944. The first-order valence-corrected chi connectivity index (χ1v) is 6.78. The molecule has 0 unspecified atom stereocenters. The molecular formula is C15H26N2O. The van der Waals surface area contributed by atoms with Gasteiger partial charge in [0.1, 0.15) is 5.75 Å². The van der Waals surface area contributed by atoms with Crippen LogP contribution in [0.2, 0.25) is 0 Å². The second kappa shape index (κ2) is 8.95. The lowest BCUT2D eigenvalue weighted by atomic mass is 10.1. The van der Waals surface area contributed by atoms with Crippen LogP contribution in [0.3, 0.4) is 0 Å². The van der Waals surface area contributed by atoms with Gasteiger partial charge in [-0.15, -0.1) is 0 Å². The SMILES string of the molecule is CCCNCCN(C)CCc1cccc(OC)c1. The summed E-state index contributed by atoms with van der Waals surface area (Å²) >= 11 is 0. The van der Waals surface area contributed by atoms with Crippen molar-refractivity contribution in [3.8, 4) is 5.75 Å². The zero-order valence-corrected chi connectivity index (χ0v) is 11.9. The summed E-state index contributed by atoms with van der Waals surface area (Å²) in [7, 11) is 3.89. The number of rotatable bonds is 9. The summed E-state index contributed by atoms with van der Waals surface area (Å²) in [6.07, 6.45) is 2.27. The van der Waals surface area contributed by atoms with Crippen molar-refractivity contribution in [2.45, 2.75) is 19.8 Å². The van der Waals surface area contributed by atoms with E-state index >= 15 is 0 Å². The van der Waals surface area contributed by atoms with E-state index in [1.807, 2.05) is 6.07 Å². The van der Waals surface area contributed by atoms with Gasteiger partial charge >= 0.3 is 0 Å². The summed E-state index contributed by atoms with van der Waals surface area (Å²) in [5, 5.41) is 3.42. The molecule has 1 rings (SSSR count). The van der Waals surface area contributed by atoms with Crippen LogP contribution in [-0.2, 0) is 6.42 Å². The standard InChI is InChI=1S/C15H26N2O/c1-4-9-16-10-12-17(2)11-8-14-6-5-7-15(13-14)18-3/h5-7,13,16H,4,8-12H2,1-3H3. The minimum absolute atomic E-state index is 0.944. The lowest BCUT2D eigenvalue weighted by Gasteiger charge is -2.17. The maximum atomic E-state index is 5.23. The van der Waals surface area contributed by atoms with Crippen molar-refractivity contribution < 1.29 is 4.74 Å². The third kappa shape index (κ3) is 6.03. The van der Waals surface area contributed by atoms with Crippen LogP contribution in [0, 0.1) is 0 Å². The van der Waals surface area contributed by atoms with Gasteiger partial charge in [0.05, 0.1) is 7.11 Å². The van der Waals surface area contributed by atoms with E-state index in [1.54, 1.807) is 7.11 Å². The largest absolute Gasteiger partial charge is 0.497 e. The number of hydrogen-bond donors (Lipinski definition) is 1. The van der Waals surface area contributed by atoms with Crippen molar-refractivity contribution in [2.24, 2.45) is 0 Å². The second-order valence-corrected chi connectivity index (χ2v) is 4.65. The maximum absolute atomic E-state index is 5.23. The first-order valence-electron chi connectivity index (χ1n) is 6.78. The normalized spacial score (nSPS) is 10.9. The van der Waals surface area contributed by atoms with Crippen molar-refractivity contribution in [3.63, 3.8) is 0 Å². The molecule has 0 aliphatic carbocycles. The van der Waals surface area contributed by atoms with Crippen LogP contribution in [0.5, 0.6) is 5.75 Å². The first kappa shape index (κ1) is 15.0. The third-order valence-corrected chi connectivity index (χ3v) is 3.01. The van der Waals surface area contributed by atoms with Crippen molar-refractivity contribution in [1.29, 1.82) is 0 Å². The zero-order chi connectivity index (χ0) is 13.2. The molecule has 3 nitrogen and oxygen atoms in total. The van der Waals surface area contributed by atoms with Gasteiger partial charge in [0.15, 0.2) is 0 Å². The van der Waals surface area contributed by atoms with Gasteiger partial charge < -0.3 is 15.0 Å². The quantitative estimate of drug-likeness (QED) is 0.680. The fraction of sp³-hybridized carbons (Fsp3) is 0.600. The Balaban J connectivity index is 2.22. The van der Waals surface area contributed by atoms with E-state index in [0.29, 0.717) is 0 Å². The number of ether oxygens (including phenoxy) is 1. The Morgan fingerprint density at radius 2 is 2.06 bits per heavy atom. The highest BCUT2D eigenvalue weighted by Gasteiger charge is 2.00. The minimum Gasteiger partial charge on any atom is -0.497 e. The molecule has 0 spiro atoms. The van der Waals surface area contributed by atoms with Gasteiger partial charge in [-0.3, -0.25) is 0 Å². The molecule has 1 aromatic rings. The summed E-state index contributed by atoms with van der Waals surface area (Å²) in [5.41, 5.74) is 1.34. The maximum Gasteiger partial charge on any atom is 0.119 e. The van der Waals surface area contributed by atoms with E-state index in [4.69, 9.17) is 4.74 Å². The van der Waals surface area contributed by atoms with Gasteiger partial charge in [-0.2, -0.15) is 0 Å². The number of hydrogen-bond acceptors (Lipinski definition) is 3. The Kier molecular flexibility index (Phi) is 7.46. The molecule has 102 valence electrons. The summed E-state index contributed by atoms with van der Waals surface area (Å²) in [4.78, 5) is 2.36. The summed E-state index contributed by atoms with van der Waals surface area (Å²) in [6.45, 7) is 6.57. The van der Waals surface area contributed by atoms with Crippen LogP contribution in [0.25, 0.3) is 0 Å². The Hall–Kier alpha value is -1.06. The molecule has 0 amide bonds. The fourth-order valence-corrected chi connectivity index (χ4v) is 1.83. The predicted octanol–water partition coefficient (Wildman–Crippen LogP) is 2.17. The highest BCUT2D eigenvalue weighted by atomic mass is 16.5. The number of benzene rings is 1. The molecule has 0 aromatic heterocycles. The molecule has 0 atom stereocenters. The van der Waals surface area contributed by atoms with E-state index in [1.165, 1.54) is 12.0 Å². The molecule has 0 aliphatic rings. The number of nitrogens with one attached hydrogen (secondary N) is 1. The van der Waals surface area contributed by atoms with Crippen LogP contribution >= 0.6 is 0 Å². The molecule has 0 aliphatic heterocycles. The highest BCUT2D eigenvalue weighted by molar-refractivity contribution is 5.28. The van der Waals surface area contributed by atoms with Crippen molar-refractivity contribution in [3.05, 3.63) is 29.8 Å². The van der Waals surface area contributed by atoms with Crippen LogP contribution in [0.4, 0.5) is 0 Å². The average molecular weight is 250 g/mol. The Bertz CT molecular complexity index is 328. The molecule has 0 saturated heterocycles. The van der Waals surface area contributed by atoms with E-state index in [9.17, 15) is 0 Å². The molecule has 3 heteroatoms. The minimum atomic E-state index is 0.944. The molecule has 0 heterocycles. The molecule has 0 fully saturated rings. The molecule has 1 aromatic carbocycles. The lowest BCUT2D eigenvalue weighted by molar-refractivity contribution is 0.335. The van der Waals surface area contributed by atoms with E-state index in [0.717, 1.165) is 38.3 Å². The fourth-order valence-electron chi connectivity index (χ4n) is 1.83. The number of likely N-dealkylation sites (N-methyl/N-ethyl adjacent to an activating group) is 1. The van der Waals surface area contributed by atoms with Crippen molar-refractivity contribution in [2.75, 3.05) is 40.3 Å². The van der Waals surface area contributed by atoms with Gasteiger partial charge in [-0.25, -0.2) is 0 Å². The van der Waals surface area contributed by atoms with Crippen molar-refractivity contribution in [1.82, 2.24) is 10.2 Å². The summed E-state index contributed by atoms with van der Waals surface area (Å²) < 4.78 is 5.23. The topological polar surface area (TPSA) is 24.5 Å². The van der Waals surface area contributed by atoms with Gasteiger partial charge in [-0.1, -0.05) is 19.1 Å². The Labute approximate surface area is 111 Å². The molecular weight excluding hydrogens is 224 g/mol. The lowest BCUT2D eigenvalue weighted by Crippen LogP contribution is -2.30. The number of methoxy groups -OCH3 is 1. The highest BCUT2D eigenvalue weighted by Crippen LogP contribution is 2.12. The third-order valence-electron chi connectivity index (χ3n) is 3.01. The zero-order valence-electron chi connectivity index (χ0n) is 11.9. The molecule has 0 radical (unpaired) electrons. The Morgan fingerprint density at radius 1 is 1.22 bits per heavy atom. The second-order valence-electron chi connectivity index (χ2n) is 4.65.